The number of nitrogens with zero attached hydrogens (tertiary/aromatic N) is 2. The van der Waals surface area contributed by atoms with Crippen molar-refractivity contribution in [2.45, 2.75) is 12.8 Å². The number of aromatic nitrogens is 2. The van der Waals surface area contributed by atoms with Crippen molar-refractivity contribution in [3.8, 4) is 5.69 Å². The summed E-state index contributed by atoms with van der Waals surface area (Å²) >= 11 is 0. The Hall–Kier alpha value is -2.82. The van der Waals surface area contributed by atoms with Crippen molar-refractivity contribution in [1.29, 1.82) is 0 Å². The number of rotatable bonds is 1. The van der Waals surface area contributed by atoms with Crippen LogP contribution in [0.1, 0.15) is 12.0 Å². The largest absolute Gasteiger partial charge is 0.397 e. The van der Waals surface area contributed by atoms with Crippen molar-refractivity contribution in [3.05, 3.63) is 48.3 Å². The van der Waals surface area contributed by atoms with Crippen LogP contribution in [-0.2, 0) is 11.2 Å². The minimum atomic E-state index is 0.0497. The van der Waals surface area contributed by atoms with Crippen LogP contribution in [-0.4, -0.2) is 15.5 Å². The van der Waals surface area contributed by atoms with Gasteiger partial charge in [0.2, 0.25) is 5.91 Å². The number of aryl methyl sites for hydroxylation is 1. The summed E-state index contributed by atoms with van der Waals surface area (Å²) in [5, 5.41) is 2.91. The number of carbonyl (C=O) groups excluding carboxylic acids is 1. The van der Waals surface area contributed by atoms with E-state index in [0.717, 1.165) is 34.4 Å². The van der Waals surface area contributed by atoms with E-state index in [2.05, 4.69) is 10.3 Å². The summed E-state index contributed by atoms with van der Waals surface area (Å²) in [6.07, 6.45) is 3.00. The molecule has 2 heterocycles. The number of nitrogen functional groups attached to an aromatic ring is 1. The molecule has 3 aromatic rings. The van der Waals surface area contributed by atoms with Gasteiger partial charge in [0.15, 0.2) is 0 Å². The molecule has 0 saturated heterocycles. The number of carbonyl (C=O) groups is 1. The molecule has 5 nitrogen and oxygen atoms in total. The zero-order chi connectivity index (χ0) is 14.4. The van der Waals surface area contributed by atoms with E-state index in [1.54, 1.807) is 6.33 Å². The van der Waals surface area contributed by atoms with Crippen molar-refractivity contribution < 1.29 is 4.79 Å². The van der Waals surface area contributed by atoms with E-state index in [-0.39, 0.29) is 5.91 Å². The highest BCUT2D eigenvalue weighted by Crippen LogP contribution is 2.31. The van der Waals surface area contributed by atoms with Crippen LogP contribution < -0.4 is 11.1 Å². The van der Waals surface area contributed by atoms with Gasteiger partial charge in [-0.1, -0.05) is 12.1 Å². The van der Waals surface area contributed by atoms with E-state index in [1.165, 1.54) is 0 Å². The van der Waals surface area contributed by atoms with Crippen LogP contribution in [0.5, 0.6) is 0 Å². The van der Waals surface area contributed by atoms with Gasteiger partial charge in [0.05, 0.1) is 22.4 Å². The van der Waals surface area contributed by atoms with E-state index >= 15 is 0 Å². The SMILES string of the molecule is Nc1cc2c(cc1-n1cnc3ccccc31)NC(=O)CC2. The molecule has 1 aliphatic rings. The first-order valence-electron chi connectivity index (χ1n) is 6.87. The second-order valence-corrected chi connectivity index (χ2v) is 5.22. The van der Waals surface area contributed by atoms with Crippen LogP contribution in [0.4, 0.5) is 11.4 Å². The summed E-state index contributed by atoms with van der Waals surface area (Å²) in [5.74, 6) is 0.0497. The molecule has 0 atom stereocenters. The molecule has 2 aromatic carbocycles. The van der Waals surface area contributed by atoms with Crippen molar-refractivity contribution >= 4 is 28.3 Å². The topological polar surface area (TPSA) is 72.9 Å². The Bertz CT molecular complexity index is 866. The molecular weight excluding hydrogens is 264 g/mol. The molecule has 1 aromatic heterocycles. The number of anilines is 2. The van der Waals surface area contributed by atoms with E-state index < -0.39 is 0 Å². The van der Waals surface area contributed by atoms with E-state index in [4.69, 9.17) is 5.73 Å². The van der Waals surface area contributed by atoms with Gasteiger partial charge >= 0.3 is 0 Å². The Morgan fingerprint density at radius 2 is 2.05 bits per heavy atom. The van der Waals surface area contributed by atoms with Gasteiger partial charge in [0, 0.05) is 12.1 Å². The maximum Gasteiger partial charge on any atom is 0.224 e. The molecule has 4 rings (SSSR count). The lowest BCUT2D eigenvalue weighted by molar-refractivity contribution is -0.116. The van der Waals surface area contributed by atoms with Crippen LogP contribution in [0.15, 0.2) is 42.7 Å². The summed E-state index contributed by atoms with van der Waals surface area (Å²) in [4.78, 5) is 15.9. The molecule has 1 amide bonds. The standard InChI is InChI=1S/C16H14N4O/c17-11-7-10-5-6-16(21)19-13(10)8-15(11)20-9-18-12-3-1-2-4-14(12)20/h1-4,7-9H,5-6,17H2,(H,19,21). The van der Waals surface area contributed by atoms with E-state index in [0.29, 0.717) is 12.1 Å². The minimum absolute atomic E-state index is 0.0497. The van der Waals surface area contributed by atoms with Gasteiger partial charge in [-0.2, -0.15) is 0 Å². The third-order valence-corrected chi connectivity index (χ3v) is 3.86. The maximum atomic E-state index is 11.6. The van der Waals surface area contributed by atoms with Gasteiger partial charge in [-0.25, -0.2) is 4.98 Å². The molecule has 1 aliphatic heterocycles. The third-order valence-electron chi connectivity index (χ3n) is 3.86. The normalized spacial score (nSPS) is 14.0. The molecule has 104 valence electrons. The summed E-state index contributed by atoms with van der Waals surface area (Å²) < 4.78 is 1.95. The van der Waals surface area contributed by atoms with Gasteiger partial charge in [0.1, 0.15) is 6.33 Å². The Labute approximate surface area is 121 Å². The maximum absolute atomic E-state index is 11.6. The van der Waals surface area contributed by atoms with Crippen molar-refractivity contribution in [1.82, 2.24) is 9.55 Å². The van der Waals surface area contributed by atoms with Crippen molar-refractivity contribution in [3.63, 3.8) is 0 Å². The first-order valence-corrected chi connectivity index (χ1v) is 6.87. The highest BCUT2D eigenvalue weighted by molar-refractivity contribution is 5.95. The lowest BCUT2D eigenvalue weighted by Gasteiger charge is -2.19. The minimum Gasteiger partial charge on any atom is -0.397 e. The van der Waals surface area contributed by atoms with Crippen LogP contribution in [0, 0.1) is 0 Å². The first-order chi connectivity index (χ1) is 10.2. The van der Waals surface area contributed by atoms with Crippen LogP contribution in [0.25, 0.3) is 16.7 Å². The summed E-state index contributed by atoms with van der Waals surface area (Å²) in [5.41, 5.74) is 11.6. The molecule has 5 heteroatoms. The zero-order valence-electron chi connectivity index (χ0n) is 11.3. The molecule has 0 spiro atoms. The average molecular weight is 278 g/mol. The van der Waals surface area contributed by atoms with Crippen LogP contribution in [0.2, 0.25) is 0 Å². The predicted octanol–water partition coefficient (Wildman–Crippen LogP) is 2.49. The summed E-state index contributed by atoms with van der Waals surface area (Å²) in [6, 6.07) is 11.8. The fourth-order valence-corrected chi connectivity index (χ4v) is 2.80. The number of fused-ring (bicyclic) bond motifs is 2. The number of nitrogens with two attached hydrogens (primary N) is 1. The molecule has 0 unspecified atom stereocenters. The number of nitrogens with one attached hydrogen (secondary N) is 1. The van der Waals surface area contributed by atoms with Crippen LogP contribution in [0.3, 0.4) is 0 Å². The number of para-hydroxylation sites is 2. The molecule has 0 aliphatic carbocycles. The Morgan fingerprint density at radius 1 is 1.19 bits per heavy atom. The van der Waals surface area contributed by atoms with Gasteiger partial charge < -0.3 is 11.1 Å². The van der Waals surface area contributed by atoms with Crippen LogP contribution >= 0.6 is 0 Å². The summed E-state index contributed by atoms with van der Waals surface area (Å²) in [6.45, 7) is 0. The van der Waals surface area contributed by atoms with E-state index in [1.807, 2.05) is 41.0 Å². The second kappa shape index (κ2) is 4.34. The summed E-state index contributed by atoms with van der Waals surface area (Å²) in [7, 11) is 0. The first kappa shape index (κ1) is 12.0. The zero-order valence-corrected chi connectivity index (χ0v) is 11.3. The third kappa shape index (κ3) is 1.86. The number of benzene rings is 2. The predicted molar refractivity (Wildman–Crippen MR) is 82.4 cm³/mol. The average Bonchev–Trinajstić information content (AvgIpc) is 2.91. The molecule has 0 fully saturated rings. The van der Waals surface area contributed by atoms with Gasteiger partial charge in [-0.3, -0.25) is 9.36 Å². The van der Waals surface area contributed by atoms with Gasteiger partial charge in [-0.05, 0) is 36.2 Å². The number of hydrogen-bond donors (Lipinski definition) is 2. The highest BCUT2D eigenvalue weighted by Gasteiger charge is 2.18. The van der Waals surface area contributed by atoms with Gasteiger partial charge in [0.25, 0.3) is 0 Å². The van der Waals surface area contributed by atoms with Gasteiger partial charge in [-0.15, -0.1) is 0 Å². The highest BCUT2D eigenvalue weighted by atomic mass is 16.1. The second-order valence-electron chi connectivity index (χ2n) is 5.22. The smallest absolute Gasteiger partial charge is 0.224 e. The Morgan fingerprint density at radius 3 is 2.95 bits per heavy atom. The van der Waals surface area contributed by atoms with Crippen molar-refractivity contribution in [2.24, 2.45) is 0 Å². The molecule has 0 radical (unpaired) electrons. The Balaban J connectivity index is 1.92. The lowest BCUT2D eigenvalue weighted by Crippen LogP contribution is -2.19. The quantitative estimate of drug-likeness (QED) is 0.672. The number of amides is 1. The molecule has 0 bridgehead atoms. The Kier molecular flexibility index (Phi) is 2.47. The number of imidazole rings is 1. The fourth-order valence-electron chi connectivity index (χ4n) is 2.80. The lowest BCUT2D eigenvalue weighted by atomic mass is 10.0. The molecular formula is C16H14N4O. The monoisotopic (exact) mass is 278 g/mol. The molecule has 21 heavy (non-hydrogen) atoms. The fraction of sp³-hybridized carbons (Fsp3) is 0.125. The van der Waals surface area contributed by atoms with Crippen molar-refractivity contribution in [2.75, 3.05) is 11.1 Å². The van der Waals surface area contributed by atoms with E-state index in [9.17, 15) is 4.79 Å². The molecule has 3 N–H and O–H groups in total. The number of hydrogen-bond acceptors (Lipinski definition) is 3. The molecule has 0 saturated carbocycles.